The molecule has 1 aliphatic rings. The van der Waals surface area contributed by atoms with E-state index in [4.69, 9.17) is 0 Å². The van der Waals surface area contributed by atoms with Crippen LogP contribution in [-0.2, 0) is 13.6 Å². The van der Waals surface area contributed by atoms with E-state index in [2.05, 4.69) is 26.3 Å². The topological polar surface area (TPSA) is 24.3 Å². The lowest BCUT2D eigenvalue weighted by Gasteiger charge is -2.38. The Morgan fingerprint density at radius 1 is 1.23 bits per heavy atom. The third-order valence-electron chi connectivity index (χ3n) is 4.57. The molecule has 0 N–H and O–H groups in total. The summed E-state index contributed by atoms with van der Waals surface area (Å²) in [5.74, 6) is 0.949. The highest BCUT2D eigenvalue weighted by Gasteiger charge is 2.22. The number of benzene rings is 1. The second-order valence-electron chi connectivity index (χ2n) is 6.00. The Morgan fingerprint density at radius 2 is 2.00 bits per heavy atom. The summed E-state index contributed by atoms with van der Waals surface area (Å²) in [7, 11) is 2.03. The molecule has 0 spiro atoms. The minimum atomic E-state index is -0.155. The molecule has 1 saturated heterocycles. The molecule has 1 atom stereocenters. The lowest BCUT2D eigenvalue weighted by Crippen LogP contribution is -2.46. The van der Waals surface area contributed by atoms with Gasteiger partial charge in [0, 0.05) is 51.7 Å². The molecule has 0 amide bonds. The molecule has 1 fully saturated rings. The zero-order valence-electron chi connectivity index (χ0n) is 13.2. The van der Waals surface area contributed by atoms with E-state index in [1.54, 1.807) is 12.1 Å². The van der Waals surface area contributed by atoms with Crippen LogP contribution in [0.4, 0.5) is 4.39 Å². The highest BCUT2D eigenvalue weighted by Crippen LogP contribution is 2.22. The van der Waals surface area contributed by atoms with Crippen molar-refractivity contribution in [1.29, 1.82) is 0 Å². The van der Waals surface area contributed by atoms with E-state index < -0.39 is 0 Å². The maximum Gasteiger partial charge on any atom is 0.123 e. The van der Waals surface area contributed by atoms with E-state index >= 15 is 0 Å². The largest absolute Gasteiger partial charge is 0.337 e. The van der Waals surface area contributed by atoms with Crippen LogP contribution >= 0.6 is 0 Å². The zero-order chi connectivity index (χ0) is 15.5. The summed E-state index contributed by atoms with van der Waals surface area (Å²) in [6.45, 7) is 7.10. The first kappa shape index (κ1) is 15.2. The van der Waals surface area contributed by atoms with Gasteiger partial charge in [-0.15, -0.1) is 0 Å². The maximum absolute atomic E-state index is 13.4. The maximum atomic E-state index is 13.4. The van der Waals surface area contributed by atoms with E-state index in [1.165, 1.54) is 6.07 Å². The van der Waals surface area contributed by atoms with Gasteiger partial charge in [0.25, 0.3) is 0 Å². The number of aryl methyl sites for hydroxylation is 1. The summed E-state index contributed by atoms with van der Waals surface area (Å²) in [4.78, 5) is 9.24. The van der Waals surface area contributed by atoms with Crippen LogP contribution in [0.3, 0.4) is 0 Å². The van der Waals surface area contributed by atoms with Crippen molar-refractivity contribution in [2.24, 2.45) is 7.05 Å². The predicted molar refractivity (Wildman–Crippen MR) is 84.9 cm³/mol. The third-order valence-corrected chi connectivity index (χ3v) is 4.57. The standard InChI is InChI=1S/C17H23FN4/c1-14(15-4-3-5-16(18)12-15)22-10-8-21(9-11-22)13-17-19-6-7-20(17)2/h3-7,12,14H,8-11,13H2,1-2H3/t14-/m1/s1. The van der Waals surface area contributed by atoms with Crippen LogP contribution in [0.25, 0.3) is 0 Å². The Hall–Kier alpha value is -1.72. The lowest BCUT2D eigenvalue weighted by molar-refractivity contribution is 0.0955. The van der Waals surface area contributed by atoms with Gasteiger partial charge in [-0.25, -0.2) is 9.37 Å². The van der Waals surface area contributed by atoms with Crippen molar-refractivity contribution in [2.75, 3.05) is 26.2 Å². The van der Waals surface area contributed by atoms with E-state index in [0.717, 1.165) is 44.1 Å². The predicted octanol–water partition coefficient (Wildman–Crippen LogP) is 2.44. The normalized spacial score (nSPS) is 18.5. The van der Waals surface area contributed by atoms with Gasteiger partial charge in [-0.2, -0.15) is 0 Å². The van der Waals surface area contributed by atoms with Crippen LogP contribution in [0.1, 0.15) is 24.4 Å². The van der Waals surface area contributed by atoms with Crippen molar-refractivity contribution >= 4 is 0 Å². The van der Waals surface area contributed by atoms with Crippen LogP contribution in [-0.4, -0.2) is 45.5 Å². The fourth-order valence-corrected chi connectivity index (χ4v) is 3.03. The van der Waals surface area contributed by atoms with Gasteiger partial charge in [0.05, 0.1) is 6.54 Å². The molecule has 0 saturated carbocycles. The van der Waals surface area contributed by atoms with Crippen molar-refractivity contribution in [3.63, 3.8) is 0 Å². The number of nitrogens with zero attached hydrogens (tertiary/aromatic N) is 4. The molecule has 22 heavy (non-hydrogen) atoms. The van der Waals surface area contributed by atoms with Crippen LogP contribution < -0.4 is 0 Å². The molecule has 1 aromatic heterocycles. The van der Waals surface area contributed by atoms with Crippen molar-refractivity contribution in [3.05, 3.63) is 53.9 Å². The van der Waals surface area contributed by atoms with Gasteiger partial charge in [0.15, 0.2) is 0 Å². The number of aromatic nitrogens is 2. The smallest absolute Gasteiger partial charge is 0.123 e. The molecule has 118 valence electrons. The van der Waals surface area contributed by atoms with Gasteiger partial charge < -0.3 is 4.57 Å². The molecule has 0 radical (unpaired) electrons. The summed E-state index contributed by atoms with van der Waals surface area (Å²) >= 11 is 0. The molecular weight excluding hydrogens is 279 g/mol. The van der Waals surface area contributed by atoms with E-state index in [1.807, 2.05) is 25.5 Å². The fraction of sp³-hybridized carbons (Fsp3) is 0.471. The average molecular weight is 302 g/mol. The number of halogens is 1. The molecule has 2 aromatic rings. The van der Waals surface area contributed by atoms with Gasteiger partial charge in [-0.05, 0) is 24.6 Å². The van der Waals surface area contributed by atoms with Gasteiger partial charge in [-0.1, -0.05) is 12.1 Å². The van der Waals surface area contributed by atoms with Gasteiger partial charge >= 0.3 is 0 Å². The Balaban J connectivity index is 1.56. The molecule has 0 aliphatic carbocycles. The Bertz CT molecular complexity index is 617. The monoisotopic (exact) mass is 302 g/mol. The first-order chi connectivity index (χ1) is 10.6. The molecule has 5 heteroatoms. The number of hydrogen-bond acceptors (Lipinski definition) is 3. The highest BCUT2D eigenvalue weighted by atomic mass is 19.1. The molecular formula is C17H23FN4. The van der Waals surface area contributed by atoms with Crippen LogP contribution in [0, 0.1) is 5.82 Å². The van der Waals surface area contributed by atoms with Crippen LogP contribution in [0.15, 0.2) is 36.7 Å². The Kier molecular flexibility index (Phi) is 4.55. The second-order valence-corrected chi connectivity index (χ2v) is 6.00. The lowest BCUT2D eigenvalue weighted by atomic mass is 10.1. The van der Waals surface area contributed by atoms with Crippen LogP contribution in [0.2, 0.25) is 0 Å². The zero-order valence-corrected chi connectivity index (χ0v) is 13.2. The number of piperazine rings is 1. The number of hydrogen-bond donors (Lipinski definition) is 0. The van der Waals surface area contributed by atoms with E-state index in [0.29, 0.717) is 0 Å². The molecule has 3 rings (SSSR count). The SMILES string of the molecule is C[C@H](c1cccc(F)c1)N1CCN(Cc2nccn2C)CC1. The van der Waals surface area contributed by atoms with Gasteiger partial charge in [0.2, 0.25) is 0 Å². The van der Waals surface area contributed by atoms with E-state index in [-0.39, 0.29) is 11.9 Å². The van der Waals surface area contributed by atoms with Gasteiger partial charge in [-0.3, -0.25) is 9.80 Å². The quantitative estimate of drug-likeness (QED) is 0.867. The summed E-state index contributed by atoms with van der Waals surface area (Å²) in [5, 5.41) is 0. The molecule has 1 aliphatic heterocycles. The van der Waals surface area contributed by atoms with Crippen molar-refractivity contribution < 1.29 is 4.39 Å². The molecule has 0 unspecified atom stereocenters. The summed E-state index contributed by atoms with van der Waals surface area (Å²) in [6.07, 6.45) is 3.83. The minimum Gasteiger partial charge on any atom is -0.337 e. The van der Waals surface area contributed by atoms with Crippen molar-refractivity contribution in [2.45, 2.75) is 19.5 Å². The van der Waals surface area contributed by atoms with Crippen molar-refractivity contribution in [3.8, 4) is 0 Å². The number of imidazole rings is 1. The minimum absolute atomic E-state index is 0.155. The number of rotatable bonds is 4. The van der Waals surface area contributed by atoms with E-state index in [9.17, 15) is 4.39 Å². The summed E-state index contributed by atoms with van der Waals surface area (Å²) in [6, 6.07) is 7.20. The molecule has 2 heterocycles. The molecule has 1 aromatic carbocycles. The second kappa shape index (κ2) is 6.58. The first-order valence-electron chi connectivity index (χ1n) is 7.81. The van der Waals surface area contributed by atoms with Crippen LogP contribution in [0.5, 0.6) is 0 Å². The van der Waals surface area contributed by atoms with Crippen molar-refractivity contribution in [1.82, 2.24) is 19.4 Å². The fourth-order valence-electron chi connectivity index (χ4n) is 3.03. The van der Waals surface area contributed by atoms with Gasteiger partial charge in [0.1, 0.15) is 11.6 Å². The molecule has 0 bridgehead atoms. The highest BCUT2D eigenvalue weighted by molar-refractivity contribution is 5.19. The Morgan fingerprint density at radius 3 is 2.64 bits per heavy atom. The first-order valence-corrected chi connectivity index (χ1v) is 7.81. The summed E-state index contributed by atoms with van der Waals surface area (Å²) in [5.41, 5.74) is 1.05. The summed E-state index contributed by atoms with van der Waals surface area (Å²) < 4.78 is 15.4. The average Bonchev–Trinajstić information content (AvgIpc) is 2.92. The Labute approximate surface area is 131 Å². The third kappa shape index (κ3) is 3.36. The molecule has 4 nitrogen and oxygen atoms in total.